The van der Waals surface area contributed by atoms with Gasteiger partial charge in [-0.3, -0.25) is 9.59 Å². The quantitative estimate of drug-likeness (QED) is 0.460. The molecule has 0 spiro atoms. The Hall–Kier alpha value is -4.04. The molecule has 2 heterocycles. The van der Waals surface area contributed by atoms with Crippen molar-refractivity contribution in [3.05, 3.63) is 89.5 Å². The number of rotatable bonds is 9. The van der Waals surface area contributed by atoms with Crippen LogP contribution in [0.4, 0.5) is 11.4 Å². The van der Waals surface area contributed by atoms with Crippen LogP contribution in [0.2, 0.25) is 0 Å². The van der Waals surface area contributed by atoms with E-state index in [2.05, 4.69) is 16.3 Å². The van der Waals surface area contributed by atoms with Crippen molar-refractivity contribution in [3.8, 4) is 5.75 Å². The predicted octanol–water partition coefficient (Wildman–Crippen LogP) is 4.26. The highest BCUT2D eigenvalue weighted by Crippen LogP contribution is 2.34. The maximum Gasteiger partial charge on any atom is 0.256 e. The molecule has 1 fully saturated rings. The first kappa shape index (κ1) is 25.6. The fraction of sp³-hybridized carbons (Fsp3) is 0.333. The molecule has 0 bridgehead atoms. The lowest BCUT2D eigenvalue weighted by molar-refractivity contribution is 0.0674. The molecule has 38 heavy (non-hydrogen) atoms. The zero-order chi connectivity index (χ0) is 26.5. The molecule has 2 amide bonds. The van der Waals surface area contributed by atoms with Crippen LogP contribution in [0.3, 0.4) is 0 Å². The summed E-state index contributed by atoms with van der Waals surface area (Å²) in [4.78, 5) is 32.2. The van der Waals surface area contributed by atoms with Gasteiger partial charge in [0.2, 0.25) is 0 Å². The van der Waals surface area contributed by atoms with Gasteiger partial charge in [-0.05, 0) is 49.4 Å². The van der Waals surface area contributed by atoms with Crippen molar-refractivity contribution >= 4 is 23.2 Å². The number of hydrogen-bond acceptors (Lipinski definition) is 6. The molecule has 8 nitrogen and oxygen atoms in total. The molecule has 1 atom stereocenters. The van der Waals surface area contributed by atoms with Crippen LogP contribution in [0, 0.1) is 0 Å². The third kappa shape index (κ3) is 5.17. The molecule has 2 aliphatic heterocycles. The van der Waals surface area contributed by atoms with Crippen LogP contribution in [0.1, 0.15) is 39.4 Å². The number of methoxy groups -OCH3 is 1. The summed E-state index contributed by atoms with van der Waals surface area (Å²) in [5, 5.41) is 3.48. The zero-order valence-electron chi connectivity index (χ0n) is 21.9. The van der Waals surface area contributed by atoms with E-state index in [0.29, 0.717) is 44.0 Å². The summed E-state index contributed by atoms with van der Waals surface area (Å²) in [6, 6.07) is 23.2. The Morgan fingerprint density at radius 1 is 0.947 bits per heavy atom. The van der Waals surface area contributed by atoms with Gasteiger partial charge in [-0.2, -0.15) is 0 Å². The van der Waals surface area contributed by atoms with E-state index in [-0.39, 0.29) is 18.0 Å². The number of carbonyl (C=O) groups is 2. The van der Waals surface area contributed by atoms with Crippen LogP contribution in [0.25, 0.3) is 0 Å². The van der Waals surface area contributed by atoms with E-state index in [1.807, 2.05) is 78.6 Å². The number of piperazine rings is 1. The minimum atomic E-state index is -0.289. The molecule has 198 valence electrons. The third-order valence-corrected chi connectivity index (χ3v) is 7.10. The van der Waals surface area contributed by atoms with Crippen molar-refractivity contribution in [3.63, 3.8) is 0 Å². The van der Waals surface area contributed by atoms with Gasteiger partial charge < -0.3 is 29.5 Å². The van der Waals surface area contributed by atoms with E-state index in [1.54, 1.807) is 12.0 Å². The molecular formula is C30H34N4O4. The Kier molecular flexibility index (Phi) is 7.79. The Balaban J connectivity index is 1.23. The van der Waals surface area contributed by atoms with Crippen molar-refractivity contribution in [2.24, 2.45) is 0 Å². The lowest BCUT2D eigenvalue weighted by atomic mass is 10.1. The van der Waals surface area contributed by atoms with E-state index in [0.717, 1.165) is 35.8 Å². The molecule has 0 aromatic heterocycles. The molecule has 8 heteroatoms. The van der Waals surface area contributed by atoms with E-state index >= 15 is 0 Å². The third-order valence-electron chi connectivity index (χ3n) is 7.10. The van der Waals surface area contributed by atoms with Crippen molar-refractivity contribution in [1.82, 2.24) is 9.80 Å². The normalized spacial score (nSPS) is 16.9. The Morgan fingerprint density at radius 2 is 1.66 bits per heavy atom. The van der Waals surface area contributed by atoms with Crippen LogP contribution in [-0.2, 0) is 4.74 Å². The molecule has 3 aromatic rings. The summed E-state index contributed by atoms with van der Waals surface area (Å²) in [6.07, 6.45) is -0.289. The van der Waals surface area contributed by atoms with E-state index < -0.39 is 0 Å². The maximum absolute atomic E-state index is 13.2. The number of para-hydroxylation sites is 2. The monoisotopic (exact) mass is 514 g/mol. The number of fused-ring (bicyclic) bond motifs is 1. The summed E-state index contributed by atoms with van der Waals surface area (Å²) >= 11 is 0. The number of nitrogens with one attached hydrogen (secondary N) is 1. The molecule has 2 aliphatic rings. The number of carbonyl (C=O) groups excluding carboxylic acids is 2. The molecule has 1 saturated heterocycles. The Morgan fingerprint density at radius 3 is 2.39 bits per heavy atom. The largest absolute Gasteiger partial charge is 0.492 e. The average Bonchev–Trinajstić information content (AvgIpc) is 3.23. The molecule has 3 aromatic carbocycles. The van der Waals surface area contributed by atoms with E-state index in [9.17, 15) is 9.59 Å². The predicted molar refractivity (Wildman–Crippen MR) is 148 cm³/mol. The van der Waals surface area contributed by atoms with Crippen molar-refractivity contribution < 1.29 is 19.1 Å². The van der Waals surface area contributed by atoms with Gasteiger partial charge in [0.15, 0.2) is 0 Å². The number of anilines is 2. The highest BCUT2D eigenvalue weighted by molar-refractivity contribution is 5.99. The molecule has 0 aliphatic carbocycles. The van der Waals surface area contributed by atoms with Crippen LogP contribution in [-0.4, -0.2) is 74.7 Å². The highest BCUT2D eigenvalue weighted by Gasteiger charge is 2.36. The van der Waals surface area contributed by atoms with Crippen LogP contribution >= 0.6 is 0 Å². The maximum atomic E-state index is 13.2. The fourth-order valence-electron chi connectivity index (χ4n) is 5.14. The van der Waals surface area contributed by atoms with Gasteiger partial charge in [-0.25, -0.2) is 0 Å². The second-order valence-corrected chi connectivity index (χ2v) is 9.38. The standard InChI is InChI=1S/C30H34N4O4/c1-3-38-27-11-7-6-10-26(27)32-16-18-33(19-17-32)29(35)22-12-14-23(15-13-22)31-28-24-8-4-5-9-25(24)30(36)34(28)20-21-37-2/h4-15,28,31H,3,16-21H2,1-2H3/t28-/m0/s1. The molecule has 0 radical (unpaired) electrons. The minimum absolute atomic E-state index is 0.00929. The number of ether oxygens (including phenoxy) is 2. The van der Waals surface area contributed by atoms with E-state index in [1.165, 1.54) is 0 Å². The molecule has 0 saturated carbocycles. The van der Waals surface area contributed by atoms with Gasteiger partial charge in [-0.1, -0.05) is 30.3 Å². The van der Waals surface area contributed by atoms with E-state index in [4.69, 9.17) is 9.47 Å². The van der Waals surface area contributed by atoms with Gasteiger partial charge >= 0.3 is 0 Å². The van der Waals surface area contributed by atoms with Crippen LogP contribution in [0.5, 0.6) is 5.75 Å². The first-order valence-electron chi connectivity index (χ1n) is 13.1. The summed E-state index contributed by atoms with van der Waals surface area (Å²) in [5.41, 5.74) is 4.21. The van der Waals surface area contributed by atoms with Gasteiger partial charge in [-0.15, -0.1) is 0 Å². The second-order valence-electron chi connectivity index (χ2n) is 9.38. The lowest BCUT2D eigenvalue weighted by Crippen LogP contribution is -2.48. The van der Waals surface area contributed by atoms with Gasteiger partial charge in [0, 0.05) is 62.2 Å². The minimum Gasteiger partial charge on any atom is -0.492 e. The molecule has 1 N–H and O–H groups in total. The molecular weight excluding hydrogens is 480 g/mol. The number of hydrogen-bond donors (Lipinski definition) is 1. The second kappa shape index (κ2) is 11.6. The summed E-state index contributed by atoms with van der Waals surface area (Å²) in [5.74, 6) is 0.896. The fourth-order valence-corrected chi connectivity index (χ4v) is 5.14. The summed E-state index contributed by atoms with van der Waals surface area (Å²) < 4.78 is 11.0. The number of amides is 2. The number of nitrogens with zero attached hydrogens (tertiary/aromatic N) is 3. The van der Waals surface area contributed by atoms with Crippen molar-refractivity contribution in [2.45, 2.75) is 13.1 Å². The van der Waals surface area contributed by atoms with Crippen molar-refractivity contribution in [1.29, 1.82) is 0 Å². The van der Waals surface area contributed by atoms with Crippen LogP contribution in [0.15, 0.2) is 72.8 Å². The van der Waals surface area contributed by atoms with Gasteiger partial charge in [0.05, 0.1) is 18.9 Å². The van der Waals surface area contributed by atoms with Crippen molar-refractivity contribution in [2.75, 3.05) is 63.3 Å². The molecule has 5 rings (SSSR count). The zero-order valence-corrected chi connectivity index (χ0v) is 21.9. The lowest BCUT2D eigenvalue weighted by Gasteiger charge is -2.36. The summed E-state index contributed by atoms with van der Waals surface area (Å²) in [7, 11) is 1.63. The van der Waals surface area contributed by atoms with Gasteiger partial charge in [0.25, 0.3) is 11.8 Å². The SMILES string of the molecule is CCOc1ccccc1N1CCN(C(=O)c2ccc(N[C@@H]3c4ccccc4C(=O)N3CCOC)cc2)CC1. The number of benzene rings is 3. The highest BCUT2D eigenvalue weighted by atomic mass is 16.5. The molecule has 0 unspecified atom stereocenters. The van der Waals surface area contributed by atoms with Crippen LogP contribution < -0.4 is 15.0 Å². The summed E-state index contributed by atoms with van der Waals surface area (Å²) in [6.45, 7) is 6.34. The topological polar surface area (TPSA) is 74.4 Å². The Bertz CT molecular complexity index is 1270. The van der Waals surface area contributed by atoms with Gasteiger partial charge in [0.1, 0.15) is 11.9 Å². The first-order valence-corrected chi connectivity index (χ1v) is 13.1. The Labute approximate surface area is 223 Å². The average molecular weight is 515 g/mol. The first-order chi connectivity index (χ1) is 18.6. The smallest absolute Gasteiger partial charge is 0.256 e.